The first-order valence-electron chi connectivity index (χ1n) is 7.34. The van der Waals surface area contributed by atoms with E-state index in [4.69, 9.17) is 4.74 Å². The Hall–Kier alpha value is -2.89. The van der Waals surface area contributed by atoms with E-state index in [9.17, 15) is 9.59 Å². The van der Waals surface area contributed by atoms with E-state index >= 15 is 0 Å². The first kappa shape index (κ1) is 15.0. The molecule has 0 aliphatic carbocycles. The summed E-state index contributed by atoms with van der Waals surface area (Å²) in [6, 6.07) is 10.9. The Morgan fingerprint density at radius 3 is 2.78 bits per heavy atom. The number of benzene rings is 1. The number of amides is 2. The first-order chi connectivity index (χ1) is 11.1. The van der Waals surface area contributed by atoms with Crippen molar-refractivity contribution >= 4 is 17.5 Å². The highest BCUT2D eigenvalue weighted by Crippen LogP contribution is 2.33. The summed E-state index contributed by atoms with van der Waals surface area (Å²) < 4.78 is 5.68. The number of carbonyl (C=O) groups is 2. The van der Waals surface area contributed by atoms with Crippen LogP contribution in [0.5, 0.6) is 5.75 Å². The van der Waals surface area contributed by atoms with Gasteiger partial charge in [-0.2, -0.15) is 0 Å². The van der Waals surface area contributed by atoms with Crippen LogP contribution in [0.3, 0.4) is 0 Å². The second-order valence-electron chi connectivity index (χ2n) is 5.31. The predicted molar refractivity (Wildman–Crippen MR) is 85.0 cm³/mol. The van der Waals surface area contributed by atoms with Crippen molar-refractivity contribution in [2.24, 2.45) is 0 Å². The zero-order chi connectivity index (χ0) is 16.2. The molecule has 0 bridgehead atoms. The van der Waals surface area contributed by atoms with Crippen molar-refractivity contribution in [1.82, 2.24) is 10.3 Å². The molecule has 23 heavy (non-hydrogen) atoms. The quantitative estimate of drug-likeness (QED) is 0.929. The number of nitrogens with zero attached hydrogens (tertiary/aromatic N) is 2. The molecule has 2 heterocycles. The highest BCUT2D eigenvalue weighted by molar-refractivity contribution is 6.01. The number of hydrogen-bond acceptors (Lipinski definition) is 4. The van der Waals surface area contributed by atoms with E-state index in [1.807, 2.05) is 30.3 Å². The van der Waals surface area contributed by atoms with Gasteiger partial charge in [0.05, 0.1) is 12.1 Å². The van der Waals surface area contributed by atoms with Gasteiger partial charge >= 0.3 is 0 Å². The minimum absolute atomic E-state index is 0.0113. The number of hydrogen-bond donors (Lipinski definition) is 1. The Kier molecular flexibility index (Phi) is 4.23. The van der Waals surface area contributed by atoms with Crippen molar-refractivity contribution in [2.45, 2.75) is 19.1 Å². The van der Waals surface area contributed by atoms with Crippen LogP contribution in [0.2, 0.25) is 0 Å². The first-order valence-corrected chi connectivity index (χ1v) is 7.34. The van der Waals surface area contributed by atoms with E-state index in [0.717, 1.165) is 5.56 Å². The van der Waals surface area contributed by atoms with Crippen molar-refractivity contribution in [2.75, 3.05) is 11.9 Å². The van der Waals surface area contributed by atoms with Crippen molar-refractivity contribution in [3.05, 3.63) is 54.4 Å². The molecule has 0 fully saturated rings. The number of nitrogens with one attached hydrogen (secondary N) is 1. The van der Waals surface area contributed by atoms with Crippen molar-refractivity contribution in [3.63, 3.8) is 0 Å². The van der Waals surface area contributed by atoms with Gasteiger partial charge in [-0.25, -0.2) is 0 Å². The molecule has 1 N–H and O–H groups in total. The van der Waals surface area contributed by atoms with E-state index in [1.165, 1.54) is 4.90 Å². The summed E-state index contributed by atoms with van der Waals surface area (Å²) in [6.07, 6.45) is 2.53. The van der Waals surface area contributed by atoms with E-state index in [-0.39, 0.29) is 18.2 Å². The highest BCUT2D eigenvalue weighted by atomic mass is 16.5. The fraction of sp³-hybridized carbons (Fsp3) is 0.235. The number of fused-ring (bicyclic) bond motifs is 1. The molecule has 1 aliphatic rings. The molecule has 1 aliphatic heterocycles. The molecule has 118 valence electrons. The van der Waals surface area contributed by atoms with Gasteiger partial charge in [0.2, 0.25) is 5.91 Å². The van der Waals surface area contributed by atoms with Crippen LogP contribution >= 0.6 is 0 Å². The molecule has 1 atom stereocenters. The molecule has 1 unspecified atom stereocenters. The number of pyridine rings is 1. The number of anilines is 1. The Morgan fingerprint density at radius 1 is 1.26 bits per heavy atom. The number of para-hydroxylation sites is 2. The molecule has 6 heteroatoms. The summed E-state index contributed by atoms with van der Waals surface area (Å²) in [5.74, 6) is 0.164. The lowest BCUT2D eigenvalue weighted by molar-refractivity contribution is -0.132. The minimum atomic E-state index is -0.799. The van der Waals surface area contributed by atoms with Crippen LogP contribution in [0, 0.1) is 0 Å². The van der Waals surface area contributed by atoms with Gasteiger partial charge in [0, 0.05) is 26.0 Å². The second-order valence-corrected chi connectivity index (χ2v) is 5.31. The van der Waals surface area contributed by atoms with E-state index < -0.39 is 6.10 Å². The Morgan fingerprint density at radius 2 is 2.00 bits per heavy atom. The van der Waals surface area contributed by atoms with Crippen LogP contribution in [0.4, 0.5) is 5.69 Å². The van der Waals surface area contributed by atoms with Gasteiger partial charge in [-0.05, 0) is 29.8 Å². The van der Waals surface area contributed by atoms with Gasteiger partial charge in [-0.1, -0.05) is 12.1 Å². The number of likely N-dealkylation sites (N-methyl/N-ethyl adjacent to an activating group) is 1. The maximum atomic E-state index is 12.3. The lowest BCUT2D eigenvalue weighted by Crippen LogP contribution is -2.46. The Labute approximate surface area is 134 Å². The standard InChI is InChI=1S/C17H17N3O3/c1-20-13-4-2-3-5-14(13)23-15(17(20)22)10-16(21)19-11-12-6-8-18-9-7-12/h2-9,15H,10-11H2,1H3,(H,19,21). The second kappa shape index (κ2) is 6.48. The summed E-state index contributed by atoms with van der Waals surface area (Å²) in [5, 5.41) is 2.79. The number of ether oxygens (including phenoxy) is 1. The molecule has 1 aromatic carbocycles. The van der Waals surface area contributed by atoms with Gasteiger partial charge in [-0.3, -0.25) is 14.6 Å². The zero-order valence-corrected chi connectivity index (χ0v) is 12.7. The van der Waals surface area contributed by atoms with Crippen LogP contribution in [0.1, 0.15) is 12.0 Å². The van der Waals surface area contributed by atoms with Crippen LogP contribution in [0.25, 0.3) is 0 Å². The molecular formula is C17H17N3O3. The van der Waals surface area contributed by atoms with Crippen molar-refractivity contribution < 1.29 is 14.3 Å². The third kappa shape index (κ3) is 3.31. The van der Waals surface area contributed by atoms with Gasteiger partial charge in [0.1, 0.15) is 5.75 Å². The molecule has 0 saturated carbocycles. The van der Waals surface area contributed by atoms with Crippen molar-refractivity contribution in [1.29, 1.82) is 0 Å². The van der Waals surface area contributed by atoms with Gasteiger partial charge in [0.25, 0.3) is 5.91 Å². The molecule has 0 spiro atoms. The molecular weight excluding hydrogens is 294 g/mol. The lowest BCUT2D eigenvalue weighted by Gasteiger charge is -2.31. The molecule has 0 saturated heterocycles. The fourth-order valence-electron chi connectivity index (χ4n) is 2.44. The lowest BCUT2D eigenvalue weighted by atomic mass is 10.1. The number of carbonyl (C=O) groups excluding carboxylic acids is 2. The van der Waals surface area contributed by atoms with E-state index in [1.54, 1.807) is 25.5 Å². The highest BCUT2D eigenvalue weighted by Gasteiger charge is 2.33. The Balaban J connectivity index is 1.62. The van der Waals surface area contributed by atoms with Gasteiger partial charge < -0.3 is 15.0 Å². The average Bonchev–Trinajstić information content (AvgIpc) is 2.58. The SMILES string of the molecule is CN1C(=O)C(CC(=O)NCc2ccncc2)Oc2ccccc21. The molecule has 3 rings (SSSR count). The third-order valence-electron chi connectivity index (χ3n) is 3.71. The summed E-state index contributed by atoms with van der Waals surface area (Å²) in [7, 11) is 1.69. The van der Waals surface area contributed by atoms with Gasteiger partial charge in [-0.15, -0.1) is 0 Å². The molecule has 2 aromatic rings. The number of aromatic nitrogens is 1. The maximum Gasteiger partial charge on any atom is 0.268 e. The topological polar surface area (TPSA) is 71.5 Å². The minimum Gasteiger partial charge on any atom is -0.478 e. The maximum absolute atomic E-state index is 12.3. The summed E-state index contributed by atoms with van der Waals surface area (Å²) in [6.45, 7) is 0.398. The van der Waals surface area contributed by atoms with Crippen molar-refractivity contribution in [3.8, 4) is 5.75 Å². The zero-order valence-electron chi connectivity index (χ0n) is 12.7. The van der Waals surface area contributed by atoms with Crippen LogP contribution in [0.15, 0.2) is 48.8 Å². The monoisotopic (exact) mass is 311 g/mol. The predicted octanol–water partition coefficient (Wildman–Crippen LogP) is 1.51. The number of rotatable bonds is 4. The largest absolute Gasteiger partial charge is 0.478 e. The average molecular weight is 311 g/mol. The van der Waals surface area contributed by atoms with Gasteiger partial charge in [0.15, 0.2) is 6.10 Å². The third-order valence-corrected chi connectivity index (χ3v) is 3.71. The van der Waals surface area contributed by atoms with E-state index in [0.29, 0.717) is 18.0 Å². The van der Waals surface area contributed by atoms with Crippen LogP contribution < -0.4 is 15.0 Å². The fourth-order valence-corrected chi connectivity index (χ4v) is 2.44. The molecule has 1 aromatic heterocycles. The molecule has 6 nitrogen and oxygen atoms in total. The smallest absolute Gasteiger partial charge is 0.268 e. The molecule has 2 amide bonds. The summed E-state index contributed by atoms with van der Waals surface area (Å²) in [4.78, 5) is 29.8. The summed E-state index contributed by atoms with van der Waals surface area (Å²) >= 11 is 0. The molecule has 0 radical (unpaired) electrons. The normalized spacial score (nSPS) is 16.5. The van der Waals surface area contributed by atoms with Crippen LogP contribution in [-0.4, -0.2) is 29.9 Å². The van der Waals surface area contributed by atoms with E-state index in [2.05, 4.69) is 10.3 Å². The summed E-state index contributed by atoms with van der Waals surface area (Å²) in [5.41, 5.74) is 1.66. The van der Waals surface area contributed by atoms with Crippen LogP contribution in [-0.2, 0) is 16.1 Å². The Bertz CT molecular complexity index is 718.